The van der Waals surface area contributed by atoms with Gasteiger partial charge in [0.05, 0.1) is 11.6 Å². The topological polar surface area (TPSA) is 38.3 Å². The molecule has 1 atom stereocenters. The Morgan fingerprint density at radius 1 is 1.12 bits per heavy atom. The fraction of sp³-hybridized carbons (Fsp3) is 0.278. The van der Waals surface area contributed by atoms with Gasteiger partial charge in [0.15, 0.2) is 6.61 Å². The van der Waals surface area contributed by atoms with E-state index >= 15 is 0 Å². The highest BCUT2D eigenvalue weighted by Crippen LogP contribution is 2.30. The van der Waals surface area contributed by atoms with Crippen LogP contribution in [0.2, 0.25) is 0 Å². The summed E-state index contributed by atoms with van der Waals surface area (Å²) in [5, 5.41) is 2.85. The molecule has 0 bridgehead atoms. The maximum atomic E-state index is 12.5. The molecule has 3 nitrogen and oxygen atoms in total. The standard InChI is InChI=1S/C18H17BrF3NO2/c1-2-16(12-3-7-14(19)8-4-12)23-17(24)11-25-15-9-5-13(6-10-15)18(20,21)22/h3-10,16H,2,11H2,1H3,(H,23,24)/t16-/m1/s1. The third-order valence-corrected chi connectivity index (χ3v) is 4.10. The summed E-state index contributed by atoms with van der Waals surface area (Å²) in [6, 6.07) is 11.7. The number of ether oxygens (including phenoxy) is 1. The minimum Gasteiger partial charge on any atom is -0.484 e. The number of benzene rings is 2. The molecule has 0 spiro atoms. The summed E-state index contributed by atoms with van der Waals surface area (Å²) < 4.78 is 43.7. The van der Waals surface area contributed by atoms with Crippen molar-refractivity contribution < 1.29 is 22.7 Å². The molecule has 0 unspecified atom stereocenters. The molecule has 1 amide bonds. The molecule has 0 saturated carbocycles. The Balaban J connectivity index is 1.90. The summed E-state index contributed by atoms with van der Waals surface area (Å²) in [7, 11) is 0. The van der Waals surface area contributed by atoms with Gasteiger partial charge in [-0.05, 0) is 48.4 Å². The fourth-order valence-corrected chi connectivity index (χ4v) is 2.51. The van der Waals surface area contributed by atoms with Crippen molar-refractivity contribution in [3.05, 3.63) is 64.1 Å². The van der Waals surface area contributed by atoms with Crippen LogP contribution in [0.15, 0.2) is 53.0 Å². The van der Waals surface area contributed by atoms with Gasteiger partial charge in [0.1, 0.15) is 5.75 Å². The van der Waals surface area contributed by atoms with Gasteiger partial charge in [-0.2, -0.15) is 13.2 Å². The summed E-state index contributed by atoms with van der Waals surface area (Å²) >= 11 is 3.36. The van der Waals surface area contributed by atoms with Crippen molar-refractivity contribution in [2.75, 3.05) is 6.61 Å². The van der Waals surface area contributed by atoms with E-state index in [9.17, 15) is 18.0 Å². The van der Waals surface area contributed by atoms with E-state index in [1.165, 1.54) is 12.1 Å². The van der Waals surface area contributed by atoms with Crippen molar-refractivity contribution in [1.29, 1.82) is 0 Å². The van der Waals surface area contributed by atoms with Crippen LogP contribution >= 0.6 is 15.9 Å². The third kappa shape index (κ3) is 5.77. The first-order chi connectivity index (χ1) is 11.8. The van der Waals surface area contributed by atoms with Crippen LogP contribution in [0.25, 0.3) is 0 Å². The number of amides is 1. The van der Waals surface area contributed by atoms with E-state index in [0.717, 1.165) is 22.2 Å². The zero-order chi connectivity index (χ0) is 18.4. The van der Waals surface area contributed by atoms with Crippen molar-refractivity contribution >= 4 is 21.8 Å². The normalized spacial score (nSPS) is 12.5. The highest BCUT2D eigenvalue weighted by Gasteiger charge is 2.30. The van der Waals surface area contributed by atoms with Crippen molar-refractivity contribution in [1.82, 2.24) is 5.32 Å². The second kappa shape index (κ2) is 8.38. The van der Waals surface area contributed by atoms with Gasteiger partial charge in [0.25, 0.3) is 5.91 Å². The molecule has 7 heteroatoms. The second-order valence-corrected chi connectivity index (χ2v) is 6.31. The van der Waals surface area contributed by atoms with Gasteiger partial charge in [-0.15, -0.1) is 0 Å². The Bertz CT molecular complexity index is 700. The maximum Gasteiger partial charge on any atom is 0.416 e. The number of halogens is 4. The molecule has 25 heavy (non-hydrogen) atoms. The lowest BCUT2D eigenvalue weighted by atomic mass is 10.0. The molecule has 2 rings (SSSR count). The average molecular weight is 416 g/mol. The van der Waals surface area contributed by atoms with Crippen LogP contribution in [0.1, 0.15) is 30.5 Å². The first-order valence-electron chi connectivity index (χ1n) is 7.64. The molecule has 0 aromatic heterocycles. The van der Waals surface area contributed by atoms with Gasteiger partial charge in [-0.25, -0.2) is 0 Å². The molecule has 0 saturated heterocycles. The smallest absolute Gasteiger partial charge is 0.416 e. The number of alkyl halides is 3. The number of carbonyl (C=O) groups excluding carboxylic acids is 1. The number of rotatable bonds is 6. The number of hydrogen-bond acceptors (Lipinski definition) is 2. The van der Waals surface area contributed by atoms with Gasteiger partial charge in [-0.3, -0.25) is 4.79 Å². The van der Waals surface area contributed by atoms with E-state index in [1.807, 2.05) is 31.2 Å². The monoisotopic (exact) mass is 415 g/mol. The zero-order valence-electron chi connectivity index (χ0n) is 13.4. The quantitative estimate of drug-likeness (QED) is 0.711. The molecule has 2 aromatic carbocycles. The van der Waals surface area contributed by atoms with Crippen molar-refractivity contribution in [3.63, 3.8) is 0 Å². The van der Waals surface area contributed by atoms with Crippen LogP contribution in [-0.4, -0.2) is 12.5 Å². The van der Waals surface area contributed by atoms with Gasteiger partial charge >= 0.3 is 6.18 Å². The van der Waals surface area contributed by atoms with E-state index in [1.54, 1.807) is 0 Å². The molecule has 1 N–H and O–H groups in total. The van der Waals surface area contributed by atoms with E-state index in [2.05, 4.69) is 21.2 Å². The first kappa shape index (κ1) is 19.3. The molecule has 0 aliphatic rings. The Morgan fingerprint density at radius 3 is 2.24 bits per heavy atom. The van der Waals surface area contributed by atoms with Gasteiger partial charge in [0, 0.05) is 4.47 Å². The Labute approximate surface area is 152 Å². The minimum atomic E-state index is -4.39. The second-order valence-electron chi connectivity index (χ2n) is 5.39. The summed E-state index contributed by atoms with van der Waals surface area (Å²) in [4.78, 5) is 12.0. The largest absolute Gasteiger partial charge is 0.484 e. The molecule has 2 aromatic rings. The van der Waals surface area contributed by atoms with Crippen LogP contribution in [-0.2, 0) is 11.0 Å². The predicted octanol–water partition coefficient (Wildman–Crippen LogP) is 5.11. The molecule has 0 aliphatic heterocycles. The van der Waals surface area contributed by atoms with E-state index in [0.29, 0.717) is 6.42 Å². The summed E-state index contributed by atoms with van der Waals surface area (Å²) in [6.45, 7) is 1.68. The van der Waals surface area contributed by atoms with Crippen LogP contribution < -0.4 is 10.1 Å². The zero-order valence-corrected chi connectivity index (χ0v) is 15.0. The minimum absolute atomic E-state index is 0.156. The molecular weight excluding hydrogens is 399 g/mol. The Kier molecular flexibility index (Phi) is 6.47. The number of hydrogen-bond donors (Lipinski definition) is 1. The fourth-order valence-electron chi connectivity index (χ4n) is 2.24. The van der Waals surface area contributed by atoms with E-state index in [4.69, 9.17) is 4.74 Å². The van der Waals surface area contributed by atoms with Crippen molar-refractivity contribution in [2.45, 2.75) is 25.6 Å². The van der Waals surface area contributed by atoms with E-state index < -0.39 is 11.7 Å². The highest BCUT2D eigenvalue weighted by molar-refractivity contribution is 9.10. The molecule has 134 valence electrons. The number of carbonyl (C=O) groups is 1. The molecule has 0 aliphatic carbocycles. The van der Waals surface area contributed by atoms with E-state index in [-0.39, 0.29) is 24.3 Å². The average Bonchev–Trinajstić information content (AvgIpc) is 2.58. The molecule has 0 heterocycles. The van der Waals surface area contributed by atoms with Gasteiger partial charge in [-0.1, -0.05) is 35.0 Å². The summed E-state index contributed by atoms with van der Waals surface area (Å²) in [5.74, 6) is -0.130. The third-order valence-electron chi connectivity index (χ3n) is 3.57. The number of nitrogens with one attached hydrogen (secondary N) is 1. The summed E-state index contributed by atoms with van der Waals surface area (Å²) in [5.41, 5.74) is 0.208. The lowest BCUT2D eigenvalue weighted by molar-refractivity contribution is -0.137. The van der Waals surface area contributed by atoms with Crippen LogP contribution in [0, 0.1) is 0 Å². The maximum absolute atomic E-state index is 12.5. The SMILES string of the molecule is CC[C@@H](NC(=O)COc1ccc(C(F)(F)F)cc1)c1ccc(Br)cc1. The Morgan fingerprint density at radius 2 is 1.72 bits per heavy atom. The Hall–Kier alpha value is -2.02. The molecular formula is C18H17BrF3NO2. The predicted molar refractivity (Wildman–Crippen MR) is 92.3 cm³/mol. The highest BCUT2D eigenvalue weighted by atomic mass is 79.9. The van der Waals surface area contributed by atoms with Gasteiger partial charge < -0.3 is 10.1 Å². The molecule has 0 radical (unpaired) electrons. The van der Waals surface area contributed by atoms with Crippen molar-refractivity contribution in [3.8, 4) is 5.75 Å². The van der Waals surface area contributed by atoms with Crippen LogP contribution in [0.3, 0.4) is 0 Å². The van der Waals surface area contributed by atoms with Crippen LogP contribution in [0.5, 0.6) is 5.75 Å². The van der Waals surface area contributed by atoms with Gasteiger partial charge in [0.2, 0.25) is 0 Å². The van der Waals surface area contributed by atoms with Crippen LogP contribution in [0.4, 0.5) is 13.2 Å². The lowest BCUT2D eigenvalue weighted by Gasteiger charge is -2.18. The van der Waals surface area contributed by atoms with Crippen molar-refractivity contribution in [2.24, 2.45) is 0 Å². The lowest BCUT2D eigenvalue weighted by Crippen LogP contribution is -2.32. The summed E-state index contributed by atoms with van der Waals surface area (Å²) in [6.07, 6.45) is -3.69. The first-order valence-corrected chi connectivity index (χ1v) is 8.43. The molecule has 0 fully saturated rings.